The summed E-state index contributed by atoms with van der Waals surface area (Å²) in [6.07, 6.45) is 5.54. The van der Waals surface area contributed by atoms with Gasteiger partial charge in [0.2, 0.25) is 0 Å². The van der Waals surface area contributed by atoms with Gasteiger partial charge in [0.1, 0.15) is 11.9 Å². The monoisotopic (exact) mass is 462 g/mol. The number of pyridine rings is 1. The lowest BCUT2D eigenvalue weighted by atomic mass is 9.73. The molecule has 3 fully saturated rings. The number of benzene rings is 2. The zero-order chi connectivity index (χ0) is 22.9. The minimum atomic E-state index is -0.431. The Labute approximate surface area is 199 Å². The molecule has 2 aromatic carbocycles. The molecule has 3 saturated heterocycles. The van der Waals surface area contributed by atoms with E-state index in [9.17, 15) is 4.79 Å². The number of hydrogen-bond donors (Lipinski definition) is 0. The van der Waals surface area contributed by atoms with Gasteiger partial charge >= 0.3 is 5.97 Å². The highest BCUT2D eigenvalue weighted by molar-refractivity contribution is 6.30. The Morgan fingerprint density at radius 1 is 1.24 bits per heavy atom. The zero-order valence-electron chi connectivity index (χ0n) is 18.6. The van der Waals surface area contributed by atoms with Gasteiger partial charge in [-0.15, -0.1) is 6.58 Å². The van der Waals surface area contributed by atoms with Gasteiger partial charge in [-0.3, -0.25) is 9.88 Å². The minimum absolute atomic E-state index is 0.0907. The van der Waals surface area contributed by atoms with E-state index in [2.05, 4.69) is 22.5 Å². The van der Waals surface area contributed by atoms with E-state index in [0.29, 0.717) is 22.4 Å². The maximum Gasteiger partial charge on any atom is 0.338 e. The van der Waals surface area contributed by atoms with Gasteiger partial charge in [0.25, 0.3) is 0 Å². The largest absolute Gasteiger partial charge is 0.497 e. The summed E-state index contributed by atoms with van der Waals surface area (Å²) in [5.41, 5.74) is 2.29. The number of esters is 1. The van der Waals surface area contributed by atoms with Crippen molar-refractivity contribution in [1.82, 2.24) is 9.88 Å². The second-order valence-corrected chi connectivity index (χ2v) is 9.30. The van der Waals surface area contributed by atoms with Crippen LogP contribution >= 0.6 is 11.6 Å². The van der Waals surface area contributed by atoms with E-state index in [1.54, 1.807) is 37.6 Å². The lowest BCUT2D eigenvalue weighted by Gasteiger charge is -2.51. The van der Waals surface area contributed by atoms with Crippen LogP contribution in [-0.4, -0.2) is 42.1 Å². The summed E-state index contributed by atoms with van der Waals surface area (Å²) in [6, 6.07) is 14.7. The summed E-state index contributed by atoms with van der Waals surface area (Å²) >= 11 is 6.02. The number of ether oxygens (including phenoxy) is 2. The number of aromatic nitrogens is 1. The number of hydrogen-bond acceptors (Lipinski definition) is 5. The van der Waals surface area contributed by atoms with Crippen molar-refractivity contribution in [1.29, 1.82) is 0 Å². The molecular formula is C27H27ClN2O3. The van der Waals surface area contributed by atoms with Crippen LogP contribution in [0.2, 0.25) is 5.02 Å². The van der Waals surface area contributed by atoms with Crippen LogP contribution in [0.25, 0.3) is 10.9 Å². The van der Waals surface area contributed by atoms with Crippen molar-refractivity contribution in [2.75, 3.05) is 20.2 Å². The van der Waals surface area contributed by atoms with Crippen molar-refractivity contribution in [2.45, 2.75) is 25.0 Å². The fourth-order valence-electron chi connectivity index (χ4n) is 5.33. The number of fused-ring (bicyclic) bond motifs is 4. The molecular weight excluding hydrogens is 436 g/mol. The molecule has 0 saturated carbocycles. The molecule has 0 amide bonds. The van der Waals surface area contributed by atoms with E-state index in [1.165, 1.54) is 0 Å². The molecule has 0 N–H and O–H groups in total. The summed E-state index contributed by atoms with van der Waals surface area (Å²) in [5.74, 6) is 1.43. The van der Waals surface area contributed by atoms with E-state index in [0.717, 1.165) is 48.1 Å². The van der Waals surface area contributed by atoms with Crippen molar-refractivity contribution >= 4 is 28.5 Å². The number of carbonyl (C=O) groups is 1. The lowest BCUT2D eigenvalue weighted by molar-refractivity contribution is -0.0568. The Morgan fingerprint density at radius 3 is 2.76 bits per heavy atom. The third kappa shape index (κ3) is 4.23. The number of rotatable bonds is 6. The summed E-state index contributed by atoms with van der Waals surface area (Å²) in [5, 5.41) is 1.52. The van der Waals surface area contributed by atoms with Crippen LogP contribution in [0.15, 0.2) is 67.4 Å². The molecule has 3 aliphatic heterocycles. The SMILES string of the molecule is C=C[C@H]1CN2CC[C@@H]1C[C@H]2[C@H](OC(=O)c1ccc(Cl)cc1)c1ccnc2ccc(OC)cc12. The molecule has 33 heavy (non-hydrogen) atoms. The van der Waals surface area contributed by atoms with Gasteiger partial charge < -0.3 is 9.47 Å². The molecule has 3 aromatic rings. The van der Waals surface area contributed by atoms with Crippen LogP contribution in [0, 0.1) is 11.8 Å². The molecule has 6 heteroatoms. The highest BCUT2D eigenvalue weighted by Crippen LogP contribution is 2.44. The first-order chi connectivity index (χ1) is 16.1. The molecule has 5 nitrogen and oxygen atoms in total. The topological polar surface area (TPSA) is 51.7 Å². The van der Waals surface area contributed by atoms with Gasteiger partial charge in [0, 0.05) is 28.7 Å². The summed E-state index contributed by atoms with van der Waals surface area (Å²) in [4.78, 5) is 20.2. The standard InChI is InChI=1S/C27H27ClN2O3/c1-3-17-16-30-13-11-19(17)14-25(30)26(33-27(31)18-4-6-20(28)7-5-18)22-10-12-29-24-9-8-21(32-2)15-23(22)24/h3-10,12,15,17,19,25-26H,1,11,13-14,16H2,2H3/t17-,19+,25-,26+/m0/s1. The normalized spacial score (nSPS) is 24.9. The number of methoxy groups -OCH3 is 1. The van der Waals surface area contributed by atoms with Gasteiger partial charge in [-0.25, -0.2) is 4.79 Å². The second-order valence-electron chi connectivity index (χ2n) is 8.86. The Morgan fingerprint density at radius 2 is 2.06 bits per heavy atom. The number of nitrogens with zero attached hydrogens (tertiary/aromatic N) is 2. The smallest absolute Gasteiger partial charge is 0.338 e. The Kier molecular flexibility index (Phi) is 6.09. The fraction of sp³-hybridized carbons (Fsp3) is 0.333. The van der Waals surface area contributed by atoms with Gasteiger partial charge in [0.15, 0.2) is 0 Å². The van der Waals surface area contributed by atoms with Gasteiger partial charge in [-0.1, -0.05) is 17.7 Å². The predicted molar refractivity (Wildman–Crippen MR) is 130 cm³/mol. The van der Waals surface area contributed by atoms with Gasteiger partial charge in [-0.2, -0.15) is 0 Å². The Balaban J connectivity index is 1.56. The third-order valence-corrected chi connectivity index (χ3v) is 7.36. The molecule has 1 unspecified atom stereocenters. The second kappa shape index (κ2) is 9.16. The minimum Gasteiger partial charge on any atom is -0.497 e. The van der Waals surface area contributed by atoms with E-state index < -0.39 is 6.10 Å². The molecule has 0 radical (unpaired) electrons. The summed E-state index contributed by atoms with van der Waals surface area (Å²) < 4.78 is 11.8. The molecule has 3 aliphatic rings. The summed E-state index contributed by atoms with van der Waals surface area (Å²) in [7, 11) is 1.65. The zero-order valence-corrected chi connectivity index (χ0v) is 19.4. The van der Waals surface area contributed by atoms with E-state index in [1.807, 2.05) is 24.3 Å². The quantitative estimate of drug-likeness (QED) is 0.348. The van der Waals surface area contributed by atoms with Crippen molar-refractivity contribution in [3.8, 4) is 5.75 Å². The number of piperidine rings is 3. The highest BCUT2D eigenvalue weighted by atomic mass is 35.5. The van der Waals surface area contributed by atoms with Crippen molar-refractivity contribution in [2.24, 2.45) is 11.8 Å². The van der Waals surface area contributed by atoms with Crippen molar-refractivity contribution in [3.63, 3.8) is 0 Å². The highest BCUT2D eigenvalue weighted by Gasteiger charge is 2.44. The molecule has 0 spiro atoms. The first kappa shape index (κ1) is 21.9. The molecule has 1 aromatic heterocycles. The number of halogens is 1. The van der Waals surface area contributed by atoms with Crippen LogP contribution < -0.4 is 4.74 Å². The molecule has 170 valence electrons. The fourth-order valence-corrected chi connectivity index (χ4v) is 5.46. The van der Waals surface area contributed by atoms with Crippen LogP contribution in [0.1, 0.15) is 34.9 Å². The van der Waals surface area contributed by atoms with Crippen molar-refractivity contribution < 1.29 is 14.3 Å². The average Bonchev–Trinajstić information content (AvgIpc) is 2.87. The third-order valence-electron chi connectivity index (χ3n) is 7.11. The Hall–Kier alpha value is -2.89. The van der Waals surface area contributed by atoms with Crippen LogP contribution in [-0.2, 0) is 4.74 Å². The van der Waals surface area contributed by atoms with Crippen LogP contribution in [0.5, 0.6) is 5.75 Å². The van der Waals surface area contributed by atoms with Crippen molar-refractivity contribution in [3.05, 3.63) is 83.5 Å². The molecule has 6 rings (SSSR count). The first-order valence-electron chi connectivity index (χ1n) is 11.3. The lowest BCUT2D eigenvalue weighted by Crippen LogP contribution is -2.55. The molecule has 2 bridgehead atoms. The molecule has 0 aliphatic carbocycles. The Bertz CT molecular complexity index is 1180. The van der Waals surface area contributed by atoms with Crippen LogP contribution in [0.4, 0.5) is 0 Å². The predicted octanol–water partition coefficient (Wildman–Crippen LogP) is 5.69. The maximum absolute atomic E-state index is 13.2. The van der Waals surface area contributed by atoms with Gasteiger partial charge in [0.05, 0.1) is 24.2 Å². The van der Waals surface area contributed by atoms with Gasteiger partial charge in [-0.05, 0) is 79.8 Å². The van der Waals surface area contributed by atoms with E-state index in [-0.39, 0.29) is 12.0 Å². The molecule has 5 atom stereocenters. The maximum atomic E-state index is 13.2. The first-order valence-corrected chi connectivity index (χ1v) is 11.7. The summed E-state index contributed by atoms with van der Waals surface area (Å²) in [6.45, 7) is 5.99. The molecule has 4 heterocycles. The average molecular weight is 463 g/mol. The van der Waals surface area contributed by atoms with E-state index in [4.69, 9.17) is 21.1 Å². The number of carbonyl (C=O) groups excluding carboxylic acids is 1. The van der Waals surface area contributed by atoms with Crippen LogP contribution in [0.3, 0.4) is 0 Å². The van der Waals surface area contributed by atoms with E-state index >= 15 is 0 Å².